The Labute approximate surface area is 182 Å². The van der Waals surface area contributed by atoms with Crippen molar-refractivity contribution in [1.29, 1.82) is 0 Å². The summed E-state index contributed by atoms with van der Waals surface area (Å²) in [6.07, 6.45) is 2.85. The molecule has 0 aromatic heterocycles. The number of ether oxygens (including phenoxy) is 2. The van der Waals surface area contributed by atoms with E-state index in [4.69, 9.17) is 9.47 Å². The SMILES string of the molecule is COc1ccc(C2(C(=O)N3C[C@H](O)C[C@@H]3C(=O)OCc3ccccc3)CCCC2)cc1. The van der Waals surface area contributed by atoms with Crippen molar-refractivity contribution in [1.82, 2.24) is 4.90 Å². The molecule has 1 amide bonds. The highest BCUT2D eigenvalue weighted by Gasteiger charge is 2.50. The minimum atomic E-state index is -0.762. The van der Waals surface area contributed by atoms with Gasteiger partial charge in [0.15, 0.2) is 0 Å². The van der Waals surface area contributed by atoms with Crippen molar-refractivity contribution in [3.8, 4) is 5.75 Å². The molecule has 1 aliphatic carbocycles. The van der Waals surface area contributed by atoms with E-state index in [2.05, 4.69) is 0 Å². The van der Waals surface area contributed by atoms with Crippen molar-refractivity contribution in [3.63, 3.8) is 0 Å². The van der Waals surface area contributed by atoms with Gasteiger partial charge in [0.1, 0.15) is 18.4 Å². The van der Waals surface area contributed by atoms with Gasteiger partial charge in [-0.05, 0) is 36.1 Å². The van der Waals surface area contributed by atoms with Gasteiger partial charge in [-0.25, -0.2) is 4.79 Å². The lowest BCUT2D eigenvalue weighted by Gasteiger charge is -2.35. The number of hydrogen-bond acceptors (Lipinski definition) is 5. The Bertz CT molecular complexity index is 905. The van der Waals surface area contributed by atoms with Crippen LogP contribution < -0.4 is 4.74 Å². The fourth-order valence-corrected chi connectivity index (χ4v) is 4.88. The second-order valence-corrected chi connectivity index (χ2v) is 8.47. The van der Waals surface area contributed by atoms with Crippen LogP contribution in [-0.2, 0) is 26.3 Å². The third-order valence-corrected chi connectivity index (χ3v) is 6.54. The summed E-state index contributed by atoms with van der Waals surface area (Å²) in [6.45, 7) is 0.305. The number of esters is 1. The van der Waals surface area contributed by atoms with Crippen LogP contribution in [0.3, 0.4) is 0 Å². The van der Waals surface area contributed by atoms with Gasteiger partial charge in [0.05, 0.1) is 18.6 Å². The average Bonchev–Trinajstić information content (AvgIpc) is 3.46. The monoisotopic (exact) mass is 423 g/mol. The third kappa shape index (κ3) is 4.30. The number of methoxy groups -OCH3 is 1. The zero-order chi connectivity index (χ0) is 21.8. The molecule has 0 spiro atoms. The molecule has 164 valence electrons. The van der Waals surface area contributed by atoms with Gasteiger partial charge in [-0.2, -0.15) is 0 Å². The standard InChI is InChI=1S/C25H29NO5/c1-30-21-11-9-19(10-12-21)25(13-5-6-14-25)24(29)26-16-20(27)15-22(26)23(28)31-17-18-7-3-2-4-8-18/h2-4,7-12,20,22,27H,5-6,13-17H2,1H3/t20-,22-/m1/s1. The first kappa shape index (κ1) is 21.4. The quantitative estimate of drug-likeness (QED) is 0.722. The Hall–Kier alpha value is -2.86. The van der Waals surface area contributed by atoms with E-state index in [9.17, 15) is 14.7 Å². The molecule has 2 aromatic carbocycles. The molecule has 2 fully saturated rings. The molecule has 1 N–H and O–H groups in total. The van der Waals surface area contributed by atoms with Crippen molar-refractivity contribution in [2.24, 2.45) is 0 Å². The summed E-state index contributed by atoms with van der Waals surface area (Å²) in [5, 5.41) is 10.3. The molecule has 31 heavy (non-hydrogen) atoms. The number of amides is 1. The smallest absolute Gasteiger partial charge is 0.329 e. The van der Waals surface area contributed by atoms with Crippen molar-refractivity contribution in [2.75, 3.05) is 13.7 Å². The van der Waals surface area contributed by atoms with Crippen LogP contribution in [0.15, 0.2) is 54.6 Å². The summed E-state index contributed by atoms with van der Waals surface area (Å²) in [4.78, 5) is 28.3. The van der Waals surface area contributed by atoms with Crippen LogP contribution in [0.2, 0.25) is 0 Å². The summed E-state index contributed by atoms with van der Waals surface area (Å²) in [7, 11) is 1.61. The Kier molecular flexibility index (Phi) is 6.28. The number of aliphatic hydroxyl groups is 1. The molecule has 0 radical (unpaired) electrons. The van der Waals surface area contributed by atoms with Crippen LogP contribution in [-0.4, -0.2) is 47.7 Å². The van der Waals surface area contributed by atoms with Gasteiger partial charge in [-0.3, -0.25) is 4.79 Å². The fourth-order valence-electron chi connectivity index (χ4n) is 4.88. The van der Waals surface area contributed by atoms with E-state index in [1.807, 2.05) is 54.6 Å². The average molecular weight is 424 g/mol. The number of rotatable bonds is 6. The van der Waals surface area contributed by atoms with E-state index in [0.717, 1.165) is 42.6 Å². The Morgan fingerprint density at radius 3 is 2.39 bits per heavy atom. The normalized spacial score (nSPS) is 22.3. The number of benzene rings is 2. The molecule has 1 saturated carbocycles. The maximum Gasteiger partial charge on any atom is 0.329 e. The van der Waals surface area contributed by atoms with Crippen molar-refractivity contribution in [3.05, 3.63) is 65.7 Å². The molecule has 2 aliphatic rings. The second kappa shape index (κ2) is 9.10. The first-order valence-corrected chi connectivity index (χ1v) is 10.9. The van der Waals surface area contributed by atoms with E-state index < -0.39 is 23.5 Å². The summed E-state index contributed by atoms with van der Waals surface area (Å²) < 4.78 is 10.8. The summed E-state index contributed by atoms with van der Waals surface area (Å²) in [5.41, 5.74) is 1.15. The molecule has 6 heteroatoms. The first-order chi connectivity index (χ1) is 15.0. The van der Waals surface area contributed by atoms with Crippen molar-refractivity contribution in [2.45, 2.75) is 56.3 Å². The number of carbonyl (C=O) groups is 2. The van der Waals surface area contributed by atoms with Gasteiger partial charge in [0.25, 0.3) is 0 Å². The number of aliphatic hydroxyl groups excluding tert-OH is 1. The van der Waals surface area contributed by atoms with Crippen LogP contribution in [0.5, 0.6) is 5.75 Å². The van der Waals surface area contributed by atoms with Gasteiger partial charge in [0.2, 0.25) is 5.91 Å². The molecule has 2 aromatic rings. The van der Waals surface area contributed by atoms with E-state index in [0.29, 0.717) is 0 Å². The lowest BCUT2D eigenvalue weighted by atomic mass is 9.77. The minimum absolute atomic E-state index is 0.0895. The lowest BCUT2D eigenvalue weighted by molar-refractivity contribution is -0.156. The molecule has 0 bridgehead atoms. The van der Waals surface area contributed by atoms with Gasteiger partial charge in [-0.15, -0.1) is 0 Å². The van der Waals surface area contributed by atoms with E-state index in [1.165, 1.54) is 0 Å². The molecule has 1 aliphatic heterocycles. The largest absolute Gasteiger partial charge is 0.497 e. The minimum Gasteiger partial charge on any atom is -0.497 e. The molecular formula is C25H29NO5. The van der Waals surface area contributed by atoms with E-state index in [-0.39, 0.29) is 25.5 Å². The topological polar surface area (TPSA) is 76.1 Å². The van der Waals surface area contributed by atoms with Gasteiger partial charge >= 0.3 is 5.97 Å². The summed E-state index contributed by atoms with van der Waals surface area (Å²) in [5.74, 6) is 0.188. The highest BCUT2D eigenvalue weighted by Crippen LogP contribution is 2.44. The van der Waals surface area contributed by atoms with Gasteiger partial charge in [0, 0.05) is 13.0 Å². The summed E-state index contributed by atoms with van der Waals surface area (Å²) >= 11 is 0. The lowest BCUT2D eigenvalue weighted by Crippen LogP contribution is -2.50. The van der Waals surface area contributed by atoms with Gasteiger partial charge in [-0.1, -0.05) is 55.3 Å². The van der Waals surface area contributed by atoms with Crippen molar-refractivity contribution < 1.29 is 24.2 Å². The third-order valence-electron chi connectivity index (χ3n) is 6.54. The molecule has 0 unspecified atom stereocenters. The molecule has 2 atom stereocenters. The number of nitrogens with zero attached hydrogens (tertiary/aromatic N) is 1. The van der Waals surface area contributed by atoms with Crippen LogP contribution in [0.25, 0.3) is 0 Å². The maximum absolute atomic E-state index is 13.8. The molecular weight excluding hydrogens is 394 g/mol. The number of hydrogen-bond donors (Lipinski definition) is 1. The Morgan fingerprint density at radius 1 is 1.06 bits per heavy atom. The Morgan fingerprint density at radius 2 is 1.74 bits per heavy atom. The predicted octanol–water partition coefficient (Wildman–Crippen LogP) is 3.21. The fraction of sp³-hybridized carbons (Fsp3) is 0.440. The highest BCUT2D eigenvalue weighted by atomic mass is 16.5. The molecule has 1 saturated heterocycles. The Balaban J connectivity index is 1.54. The predicted molar refractivity (Wildman–Crippen MR) is 116 cm³/mol. The number of β-amino-alcohol motifs (C(OH)–C–C–N with tert-alkyl or cyclic N) is 1. The summed E-state index contributed by atoms with van der Waals surface area (Å²) in [6, 6.07) is 16.3. The van der Waals surface area contributed by atoms with Crippen LogP contribution in [0.4, 0.5) is 0 Å². The highest BCUT2D eigenvalue weighted by molar-refractivity contribution is 5.93. The van der Waals surface area contributed by atoms with E-state index in [1.54, 1.807) is 12.0 Å². The second-order valence-electron chi connectivity index (χ2n) is 8.47. The van der Waals surface area contributed by atoms with Crippen molar-refractivity contribution >= 4 is 11.9 Å². The van der Waals surface area contributed by atoms with Crippen LogP contribution in [0, 0.1) is 0 Å². The molecule has 6 nitrogen and oxygen atoms in total. The van der Waals surface area contributed by atoms with E-state index >= 15 is 0 Å². The zero-order valence-electron chi connectivity index (χ0n) is 17.8. The number of likely N-dealkylation sites (tertiary alicyclic amines) is 1. The molecule has 4 rings (SSSR count). The maximum atomic E-state index is 13.8. The molecule has 1 heterocycles. The van der Waals surface area contributed by atoms with Crippen LogP contribution >= 0.6 is 0 Å². The zero-order valence-corrected chi connectivity index (χ0v) is 17.8. The van der Waals surface area contributed by atoms with Crippen LogP contribution in [0.1, 0.15) is 43.2 Å². The number of carbonyl (C=O) groups excluding carboxylic acids is 2. The van der Waals surface area contributed by atoms with Gasteiger partial charge < -0.3 is 19.5 Å². The first-order valence-electron chi connectivity index (χ1n) is 10.9.